The zero-order valence-electron chi connectivity index (χ0n) is 17.0. The molecule has 0 spiro atoms. The van der Waals surface area contributed by atoms with E-state index < -0.39 is 11.2 Å². The van der Waals surface area contributed by atoms with Gasteiger partial charge in [-0.15, -0.1) is 0 Å². The number of anilines is 1. The number of allylic oxidation sites excluding steroid dienone is 5. The van der Waals surface area contributed by atoms with Crippen LogP contribution >= 0.6 is 0 Å². The van der Waals surface area contributed by atoms with Gasteiger partial charge in [-0.3, -0.25) is 9.78 Å². The van der Waals surface area contributed by atoms with Crippen LogP contribution in [0.15, 0.2) is 58.2 Å². The molecule has 0 unspecified atom stereocenters. The van der Waals surface area contributed by atoms with E-state index in [4.69, 9.17) is 0 Å². The van der Waals surface area contributed by atoms with Gasteiger partial charge in [0.05, 0.1) is 11.0 Å². The van der Waals surface area contributed by atoms with Gasteiger partial charge in [-0.2, -0.15) is 4.98 Å². The highest BCUT2D eigenvalue weighted by Crippen LogP contribution is 2.27. The van der Waals surface area contributed by atoms with Crippen LogP contribution in [0.3, 0.4) is 0 Å². The summed E-state index contributed by atoms with van der Waals surface area (Å²) in [6.45, 7) is 8.31. The highest BCUT2D eigenvalue weighted by atomic mass is 16.2. The highest BCUT2D eigenvalue weighted by molar-refractivity contribution is 5.84. The predicted octanol–water partition coefficient (Wildman–Crippen LogP) is 3.40. The van der Waals surface area contributed by atoms with Crippen LogP contribution in [0.2, 0.25) is 0 Å². The predicted molar refractivity (Wildman–Crippen MR) is 118 cm³/mol. The van der Waals surface area contributed by atoms with Crippen molar-refractivity contribution in [3.8, 4) is 11.5 Å². The lowest BCUT2D eigenvalue weighted by molar-refractivity contribution is 0.650. The molecule has 0 radical (unpaired) electrons. The van der Waals surface area contributed by atoms with Gasteiger partial charge in [0.25, 0.3) is 5.56 Å². The summed E-state index contributed by atoms with van der Waals surface area (Å²) in [5.41, 5.74) is 3.64. The smallest absolute Gasteiger partial charge is 0.349 e. The van der Waals surface area contributed by atoms with Gasteiger partial charge in [-0.05, 0) is 50.0 Å². The number of benzene rings is 1. The molecule has 0 aromatic heterocycles. The Morgan fingerprint density at radius 1 is 1.31 bits per heavy atom. The quantitative estimate of drug-likeness (QED) is 0.476. The molecule has 3 rings (SSSR count). The second-order valence-corrected chi connectivity index (χ2v) is 6.79. The number of H-pyrrole nitrogens is 1. The fourth-order valence-corrected chi connectivity index (χ4v) is 3.47. The number of hydrogen-bond acceptors (Lipinski definition) is 5. The Balaban J connectivity index is 2.15. The standard InChI is InChI=1S/C22H25N5O2/c1-5-8-15(9-6-2)10-7-11-27-18-13-16(23-4)14(3)12-17(18)24-19-20(27)25-22(29)26-21(19)28/h5-6,8-9,12-13,23H,1,7,10-11H2,2-4H3,(H,26,28,29). The zero-order valence-corrected chi connectivity index (χ0v) is 17.0. The minimum atomic E-state index is -0.667. The SMILES string of the molecule is C=CC=C(C=CC)CCCn1c2nc(=O)[nH]c(=O)c-2nc2cc(C)c(NC)cc21. The molecule has 2 heterocycles. The van der Waals surface area contributed by atoms with E-state index in [1.165, 1.54) is 0 Å². The van der Waals surface area contributed by atoms with Gasteiger partial charge < -0.3 is 9.88 Å². The molecule has 0 saturated heterocycles. The summed E-state index contributed by atoms with van der Waals surface area (Å²) in [5.74, 6) is 0.303. The van der Waals surface area contributed by atoms with Crippen LogP contribution < -0.4 is 16.6 Å². The number of aromatic nitrogens is 4. The molecule has 0 bridgehead atoms. The third-order valence-electron chi connectivity index (χ3n) is 4.78. The molecule has 0 saturated carbocycles. The van der Waals surface area contributed by atoms with Crippen LogP contribution in [0, 0.1) is 6.92 Å². The van der Waals surface area contributed by atoms with Crippen molar-refractivity contribution >= 4 is 16.7 Å². The Bertz CT molecular complexity index is 1200. The molecule has 7 heteroatoms. The van der Waals surface area contributed by atoms with Crippen molar-refractivity contribution in [1.29, 1.82) is 0 Å². The Labute approximate surface area is 168 Å². The van der Waals surface area contributed by atoms with Crippen LogP contribution in [0.1, 0.15) is 25.3 Å². The topological polar surface area (TPSA) is 92.7 Å². The number of hydrogen-bond donors (Lipinski definition) is 2. The van der Waals surface area contributed by atoms with E-state index in [1.807, 2.05) is 49.7 Å². The first-order chi connectivity index (χ1) is 14.0. The van der Waals surface area contributed by atoms with Crippen molar-refractivity contribution < 1.29 is 0 Å². The molecule has 0 atom stereocenters. The number of nitrogens with one attached hydrogen (secondary N) is 2. The molecule has 1 aromatic carbocycles. The monoisotopic (exact) mass is 391 g/mol. The molecule has 0 fully saturated rings. The third kappa shape index (κ3) is 4.18. The van der Waals surface area contributed by atoms with Crippen LogP contribution in [0.4, 0.5) is 5.69 Å². The van der Waals surface area contributed by atoms with E-state index in [2.05, 4.69) is 32.9 Å². The number of aryl methyl sites for hydroxylation is 2. The van der Waals surface area contributed by atoms with Gasteiger partial charge in [0.15, 0.2) is 11.5 Å². The van der Waals surface area contributed by atoms with E-state index in [0.717, 1.165) is 35.2 Å². The van der Waals surface area contributed by atoms with Crippen molar-refractivity contribution in [3.05, 3.63) is 75.0 Å². The minimum Gasteiger partial charge on any atom is -0.388 e. The van der Waals surface area contributed by atoms with Gasteiger partial charge >= 0.3 is 5.69 Å². The maximum Gasteiger partial charge on any atom is 0.349 e. The third-order valence-corrected chi connectivity index (χ3v) is 4.78. The lowest BCUT2D eigenvalue weighted by atomic mass is 10.1. The largest absolute Gasteiger partial charge is 0.388 e. The first-order valence-corrected chi connectivity index (χ1v) is 9.55. The van der Waals surface area contributed by atoms with Crippen molar-refractivity contribution in [2.45, 2.75) is 33.2 Å². The normalized spacial score (nSPS) is 12.2. The maximum absolute atomic E-state index is 12.3. The molecule has 2 N–H and O–H groups in total. The van der Waals surface area contributed by atoms with Gasteiger partial charge in [0, 0.05) is 19.3 Å². The van der Waals surface area contributed by atoms with E-state index in [1.54, 1.807) is 6.08 Å². The van der Waals surface area contributed by atoms with Crippen molar-refractivity contribution in [1.82, 2.24) is 19.5 Å². The molecule has 7 nitrogen and oxygen atoms in total. The van der Waals surface area contributed by atoms with E-state index in [9.17, 15) is 9.59 Å². The second-order valence-electron chi connectivity index (χ2n) is 6.79. The Morgan fingerprint density at radius 2 is 2.10 bits per heavy atom. The molecule has 0 amide bonds. The van der Waals surface area contributed by atoms with Crippen molar-refractivity contribution in [2.24, 2.45) is 0 Å². The molecule has 150 valence electrons. The number of aromatic amines is 1. The van der Waals surface area contributed by atoms with Crippen LogP contribution in [-0.2, 0) is 6.54 Å². The zero-order chi connectivity index (χ0) is 21.0. The van der Waals surface area contributed by atoms with Crippen molar-refractivity contribution in [2.75, 3.05) is 12.4 Å². The van der Waals surface area contributed by atoms with Crippen LogP contribution in [-0.4, -0.2) is 26.6 Å². The summed E-state index contributed by atoms with van der Waals surface area (Å²) in [4.78, 5) is 35.0. The summed E-state index contributed by atoms with van der Waals surface area (Å²) in [7, 11) is 1.86. The summed E-state index contributed by atoms with van der Waals surface area (Å²) < 4.78 is 1.91. The van der Waals surface area contributed by atoms with E-state index in [0.29, 0.717) is 17.9 Å². The molecule has 2 aliphatic rings. The lowest BCUT2D eigenvalue weighted by Crippen LogP contribution is -2.29. The minimum absolute atomic E-state index is 0.170. The molecule has 0 aliphatic carbocycles. The van der Waals surface area contributed by atoms with Gasteiger partial charge in [-0.1, -0.05) is 30.9 Å². The number of fused-ring (bicyclic) bond motifs is 2. The number of rotatable bonds is 7. The van der Waals surface area contributed by atoms with E-state index >= 15 is 0 Å². The first kappa shape index (κ1) is 20.3. The Hall–Kier alpha value is -3.48. The Morgan fingerprint density at radius 3 is 2.79 bits per heavy atom. The molecule has 29 heavy (non-hydrogen) atoms. The van der Waals surface area contributed by atoms with Gasteiger partial charge in [0.2, 0.25) is 0 Å². The van der Waals surface area contributed by atoms with Crippen LogP contribution in [0.5, 0.6) is 0 Å². The molecule has 2 aliphatic heterocycles. The summed E-state index contributed by atoms with van der Waals surface area (Å²) in [5, 5.41) is 3.17. The highest BCUT2D eigenvalue weighted by Gasteiger charge is 2.19. The fourth-order valence-electron chi connectivity index (χ4n) is 3.47. The van der Waals surface area contributed by atoms with Crippen molar-refractivity contribution in [3.63, 3.8) is 0 Å². The lowest BCUT2D eigenvalue weighted by Gasteiger charge is -2.18. The average Bonchev–Trinajstić information content (AvgIpc) is 2.68. The number of nitrogens with zero attached hydrogens (tertiary/aromatic N) is 3. The van der Waals surface area contributed by atoms with Gasteiger partial charge in [0.1, 0.15) is 0 Å². The summed E-state index contributed by atoms with van der Waals surface area (Å²) in [6, 6.07) is 3.92. The summed E-state index contributed by atoms with van der Waals surface area (Å²) >= 11 is 0. The first-order valence-electron chi connectivity index (χ1n) is 9.55. The van der Waals surface area contributed by atoms with Gasteiger partial charge in [-0.25, -0.2) is 9.78 Å². The fraction of sp³-hybridized carbons (Fsp3) is 0.273. The Kier molecular flexibility index (Phi) is 6.07. The molecular formula is C22H25N5O2. The summed E-state index contributed by atoms with van der Waals surface area (Å²) in [6.07, 6.45) is 9.42. The molecule has 1 aromatic rings. The maximum atomic E-state index is 12.3. The second kappa shape index (κ2) is 8.68. The molecular weight excluding hydrogens is 366 g/mol. The van der Waals surface area contributed by atoms with E-state index in [-0.39, 0.29) is 5.69 Å². The van der Waals surface area contributed by atoms with Crippen LogP contribution in [0.25, 0.3) is 22.6 Å². The average molecular weight is 391 g/mol.